The maximum Gasteiger partial charge on any atom is 0.323 e. The number of nitrogens with one attached hydrogen (secondary N) is 1. The van der Waals surface area contributed by atoms with Gasteiger partial charge in [0.1, 0.15) is 5.54 Å². The van der Waals surface area contributed by atoms with Crippen molar-refractivity contribution in [3.8, 4) is 0 Å². The molecule has 3 heteroatoms. The number of rotatable bonds is 5. The third kappa shape index (κ3) is 3.44. The van der Waals surface area contributed by atoms with Crippen molar-refractivity contribution in [3.05, 3.63) is 0 Å². The fraction of sp³-hybridized carbons (Fsp3) is 0.929. The summed E-state index contributed by atoms with van der Waals surface area (Å²) in [6, 6.07) is 0.254. The van der Waals surface area contributed by atoms with Crippen molar-refractivity contribution in [3.63, 3.8) is 0 Å². The lowest BCUT2D eigenvalue weighted by molar-refractivity contribution is -0.147. The van der Waals surface area contributed by atoms with E-state index in [2.05, 4.69) is 33.0 Å². The van der Waals surface area contributed by atoms with E-state index in [1.54, 1.807) is 0 Å². The Morgan fingerprint density at radius 2 is 1.88 bits per heavy atom. The Bertz CT molecular complexity index is 255. The molecule has 17 heavy (non-hydrogen) atoms. The predicted octanol–water partition coefficient (Wildman–Crippen LogP) is 3.04. The van der Waals surface area contributed by atoms with Gasteiger partial charge in [0.05, 0.1) is 0 Å². The zero-order valence-electron chi connectivity index (χ0n) is 11.6. The van der Waals surface area contributed by atoms with Crippen LogP contribution in [-0.2, 0) is 4.79 Å². The van der Waals surface area contributed by atoms with E-state index in [0.717, 1.165) is 31.6 Å². The lowest BCUT2D eigenvalue weighted by atomic mass is 9.75. The molecule has 0 bridgehead atoms. The SMILES string of the molecule is CCC1CCC(NC(C)C(C)C)(C(=O)O)CC1. The molecule has 0 saturated heterocycles. The van der Waals surface area contributed by atoms with Crippen LogP contribution in [0.15, 0.2) is 0 Å². The molecule has 100 valence electrons. The molecule has 1 aliphatic rings. The Balaban J connectivity index is 2.68. The molecule has 0 radical (unpaired) electrons. The Morgan fingerprint density at radius 1 is 1.35 bits per heavy atom. The van der Waals surface area contributed by atoms with Gasteiger partial charge in [-0.05, 0) is 44.4 Å². The van der Waals surface area contributed by atoms with Crippen LogP contribution in [0.1, 0.15) is 59.8 Å². The Labute approximate surface area is 105 Å². The quantitative estimate of drug-likeness (QED) is 0.778. The second-order valence-electron chi connectivity index (χ2n) is 5.92. The molecule has 0 amide bonds. The van der Waals surface area contributed by atoms with Gasteiger partial charge in [-0.25, -0.2) is 0 Å². The fourth-order valence-corrected chi connectivity index (χ4v) is 2.60. The zero-order valence-corrected chi connectivity index (χ0v) is 11.6. The van der Waals surface area contributed by atoms with Gasteiger partial charge < -0.3 is 5.11 Å². The highest BCUT2D eigenvalue weighted by molar-refractivity contribution is 5.79. The van der Waals surface area contributed by atoms with Crippen LogP contribution >= 0.6 is 0 Å². The molecular weight excluding hydrogens is 214 g/mol. The monoisotopic (exact) mass is 241 g/mol. The largest absolute Gasteiger partial charge is 0.480 e. The minimum absolute atomic E-state index is 0.254. The van der Waals surface area contributed by atoms with Crippen LogP contribution in [0.4, 0.5) is 0 Å². The lowest BCUT2D eigenvalue weighted by Gasteiger charge is -2.40. The van der Waals surface area contributed by atoms with Gasteiger partial charge >= 0.3 is 5.97 Å². The molecule has 2 N–H and O–H groups in total. The Kier molecular flexibility index (Phi) is 4.99. The maximum atomic E-state index is 11.6. The summed E-state index contributed by atoms with van der Waals surface area (Å²) in [5.74, 6) is 0.522. The molecule has 0 spiro atoms. The van der Waals surface area contributed by atoms with Gasteiger partial charge in [0.25, 0.3) is 0 Å². The summed E-state index contributed by atoms with van der Waals surface area (Å²) >= 11 is 0. The van der Waals surface area contributed by atoms with Gasteiger partial charge in [-0.15, -0.1) is 0 Å². The average molecular weight is 241 g/mol. The molecule has 0 aromatic rings. The van der Waals surface area contributed by atoms with E-state index in [4.69, 9.17) is 0 Å². The highest BCUT2D eigenvalue weighted by atomic mass is 16.4. The van der Waals surface area contributed by atoms with Crippen LogP contribution in [0.5, 0.6) is 0 Å². The fourth-order valence-electron chi connectivity index (χ4n) is 2.60. The molecule has 1 atom stereocenters. The van der Waals surface area contributed by atoms with Crippen LogP contribution in [0.25, 0.3) is 0 Å². The molecule has 1 unspecified atom stereocenters. The Morgan fingerprint density at radius 3 is 2.24 bits per heavy atom. The number of carboxylic acid groups (broad SMARTS) is 1. The van der Waals surface area contributed by atoms with Gasteiger partial charge in [-0.3, -0.25) is 10.1 Å². The first-order chi connectivity index (χ1) is 7.91. The third-order valence-electron chi connectivity index (χ3n) is 4.45. The summed E-state index contributed by atoms with van der Waals surface area (Å²) in [7, 11) is 0. The molecule has 0 aliphatic heterocycles. The van der Waals surface area contributed by atoms with E-state index in [-0.39, 0.29) is 6.04 Å². The summed E-state index contributed by atoms with van der Waals surface area (Å²) in [5.41, 5.74) is -0.671. The zero-order chi connectivity index (χ0) is 13.1. The van der Waals surface area contributed by atoms with Crippen LogP contribution in [0, 0.1) is 11.8 Å². The second kappa shape index (κ2) is 5.85. The second-order valence-corrected chi connectivity index (χ2v) is 5.92. The van der Waals surface area contributed by atoms with Gasteiger partial charge in [0, 0.05) is 6.04 Å². The average Bonchev–Trinajstić information content (AvgIpc) is 2.29. The number of hydrogen-bond donors (Lipinski definition) is 2. The first-order valence-corrected chi connectivity index (χ1v) is 6.92. The first kappa shape index (κ1) is 14.5. The van der Waals surface area contributed by atoms with Crippen LogP contribution < -0.4 is 5.32 Å². The molecule has 0 aromatic carbocycles. The first-order valence-electron chi connectivity index (χ1n) is 6.92. The van der Waals surface area contributed by atoms with Crippen molar-refractivity contribution in [1.82, 2.24) is 5.32 Å². The molecule has 0 aromatic heterocycles. The predicted molar refractivity (Wildman–Crippen MR) is 70.1 cm³/mol. The van der Waals surface area contributed by atoms with E-state index >= 15 is 0 Å². The van der Waals surface area contributed by atoms with Gasteiger partial charge in [-0.2, -0.15) is 0 Å². The standard InChI is InChI=1S/C14H27NO2/c1-5-12-6-8-14(9-7-12,13(16)17)15-11(4)10(2)3/h10-12,15H,5-9H2,1-4H3,(H,16,17). The molecule has 1 fully saturated rings. The normalized spacial score (nSPS) is 31.5. The van der Waals surface area contributed by atoms with Crippen LogP contribution in [0.2, 0.25) is 0 Å². The van der Waals surface area contributed by atoms with Crippen LogP contribution in [-0.4, -0.2) is 22.7 Å². The summed E-state index contributed by atoms with van der Waals surface area (Å²) in [4.78, 5) is 11.6. The van der Waals surface area contributed by atoms with Gasteiger partial charge in [0.2, 0.25) is 0 Å². The van der Waals surface area contributed by atoms with Gasteiger partial charge in [-0.1, -0.05) is 27.2 Å². The van der Waals surface area contributed by atoms with Crippen molar-refractivity contribution in [1.29, 1.82) is 0 Å². The lowest BCUT2D eigenvalue weighted by Crippen LogP contribution is -2.58. The highest BCUT2D eigenvalue weighted by Gasteiger charge is 2.42. The molecular formula is C14H27NO2. The molecule has 3 nitrogen and oxygen atoms in total. The van der Waals surface area contributed by atoms with E-state index in [1.807, 2.05) is 0 Å². The van der Waals surface area contributed by atoms with E-state index in [1.165, 1.54) is 6.42 Å². The summed E-state index contributed by atoms with van der Waals surface area (Å²) < 4.78 is 0. The van der Waals surface area contributed by atoms with Crippen LogP contribution in [0.3, 0.4) is 0 Å². The smallest absolute Gasteiger partial charge is 0.323 e. The van der Waals surface area contributed by atoms with E-state index in [9.17, 15) is 9.90 Å². The minimum Gasteiger partial charge on any atom is -0.480 e. The van der Waals surface area contributed by atoms with Gasteiger partial charge in [0.15, 0.2) is 0 Å². The van der Waals surface area contributed by atoms with Crippen molar-refractivity contribution >= 4 is 5.97 Å². The van der Waals surface area contributed by atoms with Crippen molar-refractivity contribution in [2.24, 2.45) is 11.8 Å². The summed E-state index contributed by atoms with van der Waals surface area (Å²) in [5, 5.41) is 12.9. The van der Waals surface area contributed by atoms with E-state index in [0.29, 0.717) is 5.92 Å². The molecule has 1 aliphatic carbocycles. The molecule has 1 saturated carbocycles. The Hall–Kier alpha value is -0.570. The van der Waals surface area contributed by atoms with E-state index < -0.39 is 11.5 Å². The number of carboxylic acids is 1. The minimum atomic E-state index is -0.671. The summed E-state index contributed by atoms with van der Waals surface area (Å²) in [6.07, 6.45) is 4.81. The van der Waals surface area contributed by atoms with Crippen molar-refractivity contribution in [2.75, 3.05) is 0 Å². The van der Waals surface area contributed by atoms with Crippen molar-refractivity contribution < 1.29 is 9.90 Å². The maximum absolute atomic E-state index is 11.6. The van der Waals surface area contributed by atoms with Crippen molar-refractivity contribution in [2.45, 2.75) is 71.4 Å². The number of carbonyl (C=O) groups is 1. The highest BCUT2D eigenvalue weighted by Crippen LogP contribution is 2.34. The third-order valence-corrected chi connectivity index (χ3v) is 4.45. The summed E-state index contributed by atoms with van der Waals surface area (Å²) in [6.45, 7) is 8.54. The topological polar surface area (TPSA) is 49.3 Å². The number of aliphatic carboxylic acids is 1. The number of hydrogen-bond acceptors (Lipinski definition) is 2. The molecule has 1 rings (SSSR count). The molecule has 0 heterocycles.